The van der Waals surface area contributed by atoms with E-state index in [1.807, 2.05) is 18.2 Å². The molecular weight excluding hydrogens is 226 g/mol. The van der Waals surface area contributed by atoms with Crippen LogP contribution < -0.4 is 0 Å². The quantitative estimate of drug-likeness (QED) is 0.886. The monoisotopic (exact) mass is 249 g/mol. The third-order valence-electron chi connectivity index (χ3n) is 3.59. The molecule has 100 valence electrons. The molecule has 1 saturated heterocycles. The number of aliphatic hydroxyl groups is 1. The van der Waals surface area contributed by atoms with Gasteiger partial charge in [0.05, 0.1) is 18.8 Å². The number of likely N-dealkylation sites (tertiary alicyclic amines) is 1. The van der Waals surface area contributed by atoms with Gasteiger partial charge in [0.2, 0.25) is 0 Å². The van der Waals surface area contributed by atoms with Crippen molar-refractivity contribution in [1.29, 1.82) is 0 Å². The molecule has 1 heterocycles. The van der Waals surface area contributed by atoms with E-state index in [0.29, 0.717) is 12.6 Å². The molecule has 3 heteroatoms. The fourth-order valence-corrected chi connectivity index (χ4v) is 2.34. The van der Waals surface area contributed by atoms with Gasteiger partial charge < -0.3 is 9.84 Å². The highest BCUT2D eigenvalue weighted by molar-refractivity contribution is 5.13. The lowest BCUT2D eigenvalue weighted by Gasteiger charge is -2.38. The normalized spacial score (nSPS) is 25.6. The average Bonchev–Trinajstić information content (AvgIpc) is 2.38. The van der Waals surface area contributed by atoms with Crippen molar-refractivity contribution >= 4 is 0 Å². The molecule has 0 amide bonds. The Balaban J connectivity index is 1.87. The second-order valence-electron chi connectivity index (χ2n) is 5.28. The van der Waals surface area contributed by atoms with E-state index in [1.54, 1.807) is 0 Å². The molecule has 0 saturated carbocycles. The first-order valence-corrected chi connectivity index (χ1v) is 6.74. The van der Waals surface area contributed by atoms with E-state index in [0.717, 1.165) is 25.1 Å². The lowest BCUT2D eigenvalue weighted by Crippen LogP contribution is -2.50. The van der Waals surface area contributed by atoms with Gasteiger partial charge in [-0.15, -0.1) is 0 Å². The fraction of sp³-hybridized carbons (Fsp3) is 0.600. The number of nitrogens with zero attached hydrogens (tertiary/aromatic N) is 1. The maximum Gasteiger partial charge on any atom is 0.0965 e. The third kappa shape index (κ3) is 3.55. The molecule has 1 aliphatic rings. The van der Waals surface area contributed by atoms with Gasteiger partial charge >= 0.3 is 0 Å². The molecule has 0 aliphatic carbocycles. The summed E-state index contributed by atoms with van der Waals surface area (Å²) in [6, 6.07) is 10.6. The van der Waals surface area contributed by atoms with Crippen LogP contribution in [0.15, 0.2) is 30.3 Å². The number of rotatable bonds is 4. The largest absolute Gasteiger partial charge is 0.390 e. The van der Waals surface area contributed by atoms with Gasteiger partial charge in [-0.2, -0.15) is 0 Å². The number of hydrogen-bond donors (Lipinski definition) is 1. The summed E-state index contributed by atoms with van der Waals surface area (Å²) in [5, 5.41) is 9.99. The molecule has 18 heavy (non-hydrogen) atoms. The first-order chi connectivity index (χ1) is 8.66. The van der Waals surface area contributed by atoms with Crippen LogP contribution in [0, 0.1) is 0 Å². The molecule has 0 aromatic heterocycles. The van der Waals surface area contributed by atoms with Crippen molar-refractivity contribution in [3.8, 4) is 0 Å². The highest BCUT2D eigenvalue weighted by Gasteiger charge is 2.29. The van der Waals surface area contributed by atoms with E-state index < -0.39 is 0 Å². The van der Waals surface area contributed by atoms with Crippen molar-refractivity contribution in [3.05, 3.63) is 35.9 Å². The summed E-state index contributed by atoms with van der Waals surface area (Å²) in [7, 11) is 0. The Bertz CT molecular complexity index is 353. The number of benzene rings is 1. The van der Waals surface area contributed by atoms with E-state index in [1.165, 1.54) is 0 Å². The maximum absolute atomic E-state index is 9.99. The van der Waals surface area contributed by atoms with E-state index in [9.17, 15) is 5.11 Å². The average molecular weight is 249 g/mol. The maximum atomic E-state index is 9.99. The van der Waals surface area contributed by atoms with Crippen LogP contribution in [-0.4, -0.2) is 41.3 Å². The molecule has 1 aliphatic heterocycles. The van der Waals surface area contributed by atoms with Gasteiger partial charge in [0, 0.05) is 19.1 Å². The minimum atomic E-state index is -0.330. The zero-order valence-corrected chi connectivity index (χ0v) is 11.2. The minimum Gasteiger partial charge on any atom is -0.390 e. The van der Waals surface area contributed by atoms with Crippen molar-refractivity contribution < 1.29 is 9.84 Å². The van der Waals surface area contributed by atoms with Crippen LogP contribution in [0.2, 0.25) is 0 Å². The highest BCUT2D eigenvalue weighted by Crippen LogP contribution is 2.17. The van der Waals surface area contributed by atoms with Crippen molar-refractivity contribution in [2.75, 3.05) is 13.1 Å². The second kappa shape index (κ2) is 6.32. The molecule has 0 radical (unpaired) electrons. The van der Waals surface area contributed by atoms with Crippen molar-refractivity contribution in [1.82, 2.24) is 4.90 Å². The second-order valence-corrected chi connectivity index (χ2v) is 5.28. The summed E-state index contributed by atoms with van der Waals surface area (Å²) in [6.45, 7) is 6.74. The number of piperidine rings is 1. The molecule has 0 unspecified atom stereocenters. The van der Waals surface area contributed by atoms with Gasteiger partial charge in [0.15, 0.2) is 0 Å². The molecule has 2 atom stereocenters. The predicted molar refractivity (Wildman–Crippen MR) is 72.4 cm³/mol. The molecule has 0 spiro atoms. The van der Waals surface area contributed by atoms with Crippen LogP contribution in [-0.2, 0) is 11.3 Å². The van der Waals surface area contributed by atoms with Gasteiger partial charge in [0.25, 0.3) is 0 Å². The standard InChI is InChI=1S/C15H23NO2/c1-12(2)16-9-8-14(17)15(10-16)18-11-13-6-4-3-5-7-13/h3-7,12,14-15,17H,8-11H2,1-2H3/t14-,15+/m0/s1. The Kier molecular flexibility index (Phi) is 4.75. The van der Waals surface area contributed by atoms with Crippen LogP contribution in [0.4, 0.5) is 0 Å². The SMILES string of the molecule is CC(C)N1CC[C@H](O)[C@H](OCc2ccccc2)C1. The summed E-state index contributed by atoms with van der Waals surface area (Å²) in [4.78, 5) is 2.36. The topological polar surface area (TPSA) is 32.7 Å². The van der Waals surface area contributed by atoms with E-state index >= 15 is 0 Å². The Morgan fingerprint density at radius 1 is 1.33 bits per heavy atom. The summed E-state index contributed by atoms with van der Waals surface area (Å²) < 4.78 is 5.87. The van der Waals surface area contributed by atoms with Crippen molar-refractivity contribution in [3.63, 3.8) is 0 Å². The molecule has 1 fully saturated rings. The first-order valence-electron chi connectivity index (χ1n) is 6.74. The van der Waals surface area contributed by atoms with Crippen LogP contribution in [0.25, 0.3) is 0 Å². The molecule has 2 rings (SSSR count). The van der Waals surface area contributed by atoms with Gasteiger partial charge in [-0.3, -0.25) is 4.90 Å². The van der Waals surface area contributed by atoms with Crippen LogP contribution in [0.3, 0.4) is 0 Å². The first kappa shape index (κ1) is 13.5. The van der Waals surface area contributed by atoms with Crippen molar-refractivity contribution in [2.24, 2.45) is 0 Å². The van der Waals surface area contributed by atoms with Gasteiger partial charge in [-0.05, 0) is 25.8 Å². The number of hydrogen-bond acceptors (Lipinski definition) is 3. The van der Waals surface area contributed by atoms with Crippen molar-refractivity contribution in [2.45, 2.75) is 45.1 Å². The fourth-order valence-electron chi connectivity index (χ4n) is 2.34. The number of aliphatic hydroxyl groups excluding tert-OH is 1. The molecule has 3 nitrogen and oxygen atoms in total. The summed E-state index contributed by atoms with van der Waals surface area (Å²) >= 11 is 0. The molecule has 1 N–H and O–H groups in total. The predicted octanol–water partition coefficient (Wildman–Crippen LogP) is 2.05. The highest BCUT2D eigenvalue weighted by atomic mass is 16.5. The van der Waals surface area contributed by atoms with Gasteiger partial charge in [-0.25, -0.2) is 0 Å². The summed E-state index contributed by atoms with van der Waals surface area (Å²) in [5.74, 6) is 0. The zero-order chi connectivity index (χ0) is 13.0. The molecule has 1 aromatic rings. The lowest BCUT2D eigenvalue weighted by molar-refractivity contribution is -0.0913. The Morgan fingerprint density at radius 2 is 2.06 bits per heavy atom. The Morgan fingerprint density at radius 3 is 2.72 bits per heavy atom. The van der Waals surface area contributed by atoms with Gasteiger partial charge in [0.1, 0.15) is 0 Å². The minimum absolute atomic E-state index is 0.0682. The van der Waals surface area contributed by atoms with Crippen LogP contribution in [0.1, 0.15) is 25.8 Å². The zero-order valence-electron chi connectivity index (χ0n) is 11.2. The summed E-state index contributed by atoms with van der Waals surface area (Å²) in [5.41, 5.74) is 1.16. The Hall–Kier alpha value is -0.900. The van der Waals surface area contributed by atoms with E-state index in [4.69, 9.17) is 4.74 Å². The molecule has 1 aromatic carbocycles. The molecule has 0 bridgehead atoms. The Labute approximate surface area is 109 Å². The van der Waals surface area contributed by atoms with E-state index in [2.05, 4.69) is 30.9 Å². The van der Waals surface area contributed by atoms with Crippen LogP contribution in [0.5, 0.6) is 0 Å². The lowest BCUT2D eigenvalue weighted by atomic mass is 10.0. The van der Waals surface area contributed by atoms with Gasteiger partial charge in [-0.1, -0.05) is 30.3 Å². The van der Waals surface area contributed by atoms with Crippen LogP contribution >= 0.6 is 0 Å². The number of ether oxygens (including phenoxy) is 1. The smallest absolute Gasteiger partial charge is 0.0965 e. The summed E-state index contributed by atoms with van der Waals surface area (Å²) in [6.07, 6.45) is 0.405. The third-order valence-corrected chi connectivity index (χ3v) is 3.59. The molecular formula is C15H23NO2. The van der Waals surface area contributed by atoms with E-state index in [-0.39, 0.29) is 12.2 Å².